The van der Waals surface area contributed by atoms with E-state index in [1.54, 1.807) is 0 Å². The van der Waals surface area contributed by atoms with Gasteiger partial charge in [-0.2, -0.15) is 0 Å². The normalized spacial score (nSPS) is 6.93. The number of hydrogen-bond donors (Lipinski definition) is 1. The van der Waals surface area contributed by atoms with Crippen LogP contribution in [0.3, 0.4) is 0 Å². The van der Waals surface area contributed by atoms with Gasteiger partial charge in [-0.25, -0.2) is 0 Å². The van der Waals surface area contributed by atoms with Gasteiger partial charge in [-0.1, -0.05) is 0 Å². The van der Waals surface area contributed by atoms with Crippen LogP contribution in [0.15, 0.2) is 0 Å². The Morgan fingerprint density at radius 2 is 0.556 bits per heavy atom. The van der Waals surface area contributed by atoms with Gasteiger partial charge >= 0.3 is 19.5 Å². The number of carbonyl (C=O) groups excluding carboxylic acids is 6. The average Bonchev–Trinajstić information content (AvgIpc) is 2.22. The van der Waals surface area contributed by atoms with E-state index in [2.05, 4.69) is 0 Å². The first-order valence-electron chi connectivity index (χ1n) is 6.88. The molecule has 8 nitrogen and oxygen atoms in total. The monoisotopic (exact) mass is 485 g/mol. The van der Waals surface area contributed by atoms with E-state index >= 15 is 0 Å². The topological polar surface area (TPSA) is 140 Å². The van der Waals surface area contributed by atoms with E-state index in [4.69, 9.17) is 9.90 Å². The van der Waals surface area contributed by atoms with Crippen molar-refractivity contribution in [3.63, 3.8) is 0 Å². The van der Waals surface area contributed by atoms with Crippen LogP contribution in [0.4, 0.5) is 0 Å². The molecule has 0 bridgehead atoms. The molecule has 0 rings (SSSR count). The van der Waals surface area contributed by atoms with Gasteiger partial charge in [0.1, 0.15) is 0 Å². The fourth-order valence-corrected chi connectivity index (χ4v) is 0.859. The predicted molar refractivity (Wildman–Crippen MR) is 90.3 cm³/mol. The first kappa shape index (κ1) is 40.1. The molecule has 0 aliphatic heterocycles. The number of carboxylic acid groups (broad SMARTS) is 1. The van der Waals surface area contributed by atoms with Crippen LogP contribution in [-0.2, 0) is 72.5 Å². The van der Waals surface area contributed by atoms with Crippen LogP contribution in [0, 0.1) is 19.3 Å². The van der Waals surface area contributed by atoms with Crippen LogP contribution in [0.2, 0.25) is 0 Å². The van der Waals surface area contributed by atoms with E-state index in [1.165, 1.54) is 41.5 Å². The molecule has 0 aliphatic carbocycles. The van der Waals surface area contributed by atoms with Gasteiger partial charge in [0.15, 0.2) is 0 Å². The molecular formula is C17H25O8Zn2-. The van der Waals surface area contributed by atoms with Crippen LogP contribution < -0.4 is 0 Å². The first-order chi connectivity index (χ1) is 11.1. The fraction of sp³-hybridized carbons (Fsp3) is 0.412. The Balaban J connectivity index is -0.0000000541. The van der Waals surface area contributed by atoms with Gasteiger partial charge in [0, 0.05) is 61.1 Å². The van der Waals surface area contributed by atoms with Gasteiger partial charge < -0.3 is 33.9 Å². The molecule has 0 aromatic carbocycles. The number of Topliss-reactive ketones (excluding diaryl/α,β-unsaturated/α-hetero) is 6. The van der Waals surface area contributed by atoms with Crippen LogP contribution in [0.5, 0.6) is 0 Å². The molecule has 146 valence electrons. The molecule has 0 unspecified atom stereocenters. The summed E-state index contributed by atoms with van der Waals surface area (Å²) < 4.78 is 0. The molecule has 0 aliphatic rings. The van der Waals surface area contributed by atoms with E-state index in [0.717, 1.165) is 26.2 Å². The number of hydrogen-bond acceptors (Lipinski definition) is 7. The average molecular weight is 488 g/mol. The van der Waals surface area contributed by atoms with Gasteiger partial charge in [0.05, 0.1) is 0 Å². The summed E-state index contributed by atoms with van der Waals surface area (Å²) in [6.07, 6.45) is 3.17. The molecule has 0 aromatic rings. The van der Waals surface area contributed by atoms with Crippen molar-refractivity contribution in [1.29, 1.82) is 0 Å². The largest absolute Gasteiger partial charge is 2.00 e. The summed E-state index contributed by atoms with van der Waals surface area (Å²) >= 11 is 0. The minimum atomic E-state index is -0.833. The third-order valence-electron chi connectivity index (χ3n) is 1.22. The molecule has 0 aromatic heterocycles. The molecule has 0 radical (unpaired) electrons. The molecular weight excluding hydrogens is 463 g/mol. The van der Waals surface area contributed by atoms with E-state index < -0.39 is 5.97 Å². The number of rotatable bonds is 6. The van der Waals surface area contributed by atoms with Crippen molar-refractivity contribution >= 4 is 40.7 Å². The van der Waals surface area contributed by atoms with E-state index in [1.807, 2.05) is 0 Å². The molecule has 0 saturated carbocycles. The second-order valence-electron chi connectivity index (χ2n) is 4.62. The summed E-state index contributed by atoms with van der Waals surface area (Å²) in [5.74, 6) is -1.96. The third-order valence-corrected chi connectivity index (χ3v) is 1.22. The van der Waals surface area contributed by atoms with Crippen LogP contribution in [-0.4, -0.2) is 45.8 Å². The minimum Gasteiger partial charge on any atom is -0.481 e. The number of carboxylic acids is 1. The van der Waals surface area contributed by atoms with Crippen molar-refractivity contribution in [2.45, 2.75) is 48.5 Å². The van der Waals surface area contributed by atoms with Gasteiger partial charge in [-0.15, -0.1) is 0 Å². The maximum atomic E-state index is 9.98. The Morgan fingerprint density at radius 1 is 0.481 bits per heavy atom. The maximum Gasteiger partial charge on any atom is 2.00 e. The SMILES string of the molecule is CC(=O)O.CC(=O)[CH-]C(C)=O.CC(=O)[CH-]C(C)=O.CC(=O)[CH-]C(C)=O.[Zn+2].[Zn]. The standard InChI is InChI=1S/3C5H7O2.C2H4O2.2Zn/c3*1-4(6)3-5(2)7;1-2(3)4;;/h3*3H,1-2H3;1H3,(H,3,4);;/q3*-1;;;+2. The maximum absolute atomic E-state index is 9.98. The summed E-state index contributed by atoms with van der Waals surface area (Å²) in [5.41, 5.74) is 0. The van der Waals surface area contributed by atoms with Crippen LogP contribution >= 0.6 is 0 Å². The summed E-state index contributed by atoms with van der Waals surface area (Å²) in [4.78, 5) is 68.9. The number of aliphatic carboxylic acids is 1. The van der Waals surface area contributed by atoms with Crippen LogP contribution in [0.1, 0.15) is 48.5 Å². The van der Waals surface area contributed by atoms with E-state index in [9.17, 15) is 28.8 Å². The van der Waals surface area contributed by atoms with Crippen molar-refractivity contribution < 1.29 is 77.6 Å². The number of carbonyl (C=O) groups is 7. The summed E-state index contributed by atoms with van der Waals surface area (Å²) in [6.45, 7) is 9.18. The Bertz CT molecular complexity index is 397. The zero-order valence-electron chi connectivity index (χ0n) is 17.0. The first-order valence-corrected chi connectivity index (χ1v) is 6.88. The predicted octanol–water partition coefficient (Wildman–Crippen LogP) is 1.19. The van der Waals surface area contributed by atoms with Crippen molar-refractivity contribution in [3.05, 3.63) is 19.3 Å². The Morgan fingerprint density at radius 3 is 0.556 bits per heavy atom. The smallest absolute Gasteiger partial charge is 0.481 e. The number of ketones is 6. The molecule has 0 spiro atoms. The van der Waals surface area contributed by atoms with Gasteiger partial charge in [-0.3, -0.25) is 24.1 Å². The second kappa shape index (κ2) is 26.6. The molecule has 27 heavy (non-hydrogen) atoms. The zero-order chi connectivity index (χ0) is 21.2. The van der Waals surface area contributed by atoms with Crippen molar-refractivity contribution in [3.8, 4) is 0 Å². The van der Waals surface area contributed by atoms with Gasteiger partial charge in [0.2, 0.25) is 0 Å². The van der Waals surface area contributed by atoms with Crippen LogP contribution in [0.25, 0.3) is 0 Å². The Kier molecular flexibility index (Phi) is 39.5. The van der Waals surface area contributed by atoms with Crippen molar-refractivity contribution in [2.75, 3.05) is 0 Å². The molecule has 0 heterocycles. The van der Waals surface area contributed by atoms with Crippen molar-refractivity contribution in [2.24, 2.45) is 0 Å². The van der Waals surface area contributed by atoms with E-state index in [-0.39, 0.29) is 73.7 Å². The summed E-state index contributed by atoms with van der Waals surface area (Å²) in [5, 5.41) is 7.42. The second-order valence-corrected chi connectivity index (χ2v) is 4.62. The van der Waals surface area contributed by atoms with Crippen molar-refractivity contribution in [1.82, 2.24) is 0 Å². The van der Waals surface area contributed by atoms with E-state index in [0.29, 0.717) is 0 Å². The van der Waals surface area contributed by atoms with Gasteiger partial charge in [0.25, 0.3) is 5.97 Å². The third kappa shape index (κ3) is 114. The molecule has 0 fully saturated rings. The fourth-order valence-electron chi connectivity index (χ4n) is 0.859. The minimum absolute atomic E-state index is 0. The van der Waals surface area contributed by atoms with Gasteiger partial charge in [-0.05, 0) is 41.5 Å². The molecule has 1 N–H and O–H groups in total. The molecule has 0 saturated heterocycles. The zero-order valence-corrected chi connectivity index (χ0v) is 22.9. The molecule has 0 atom stereocenters. The quantitative estimate of drug-likeness (QED) is 0.334. The summed E-state index contributed by atoms with van der Waals surface area (Å²) in [6, 6.07) is 0. The Hall–Kier alpha value is -1.65. The Labute approximate surface area is 185 Å². The molecule has 10 heteroatoms. The molecule has 0 amide bonds. The summed E-state index contributed by atoms with van der Waals surface area (Å²) in [7, 11) is 0.